The number of hydrogen-bond donors (Lipinski definition) is 0. The summed E-state index contributed by atoms with van der Waals surface area (Å²) < 4.78 is 7.54. The highest BCUT2D eigenvalue weighted by atomic mass is 32.2. The van der Waals surface area contributed by atoms with Crippen molar-refractivity contribution in [2.75, 3.05) is 12.0 Å². The van der Waals surface area contributed by atoms with Gasteiger partial charge in [0.25, 0.3) is 5.91 Å². The van der Waals surface area contributed by atoms with Gasteiger partial charge in [0.2, 0.25) is 0 Å². The molecule has 5 nitrogen and oxygen atoms in total. The van der Waals surface area contributed by atoms with E-state index in [4.69, 9.17) is 22.1 Å². The first-order valence-electron chi connectivity index (χ1n) is 10.3. The summed E-state index contributed by atoms with van der Waals surface area (Å²) in [6, 6.07) is 27.1. The third kappa shape index (κ3) is 4.20. The average Bonchev–Trinajstić information content (AvgIpc) is 3.41. The van der Waals surface area contributed by atoms with Gasteiger partial charge in [0.05, 0.1) is 29.1 Å². The molecule has 1 saturated heterocycles. The minimum absolute atomic E-state index is 0.151. The largest absolute Gasteiger partial charge is 0.497 e. The summed E-state index contributed by atoms with van der Waals surface area (Å²) in [5.74, 6) is 0.571. The smallest absolute Gasteiger partial charge is 0.270 e. The number of carbonyl (C=O) groups is 1. The zero-order valence-corrected chi connectivity index (χ0v) is 19.3. The van der Waals surface area contributed by atoms with Crippen LogP contribution in [0.3, 0.4) is 0 Å². The highest BCUT2D eigenvalue weighted by Crippen LogP contribution is 2.37. The molecule has 1 aromatic heterocycles. The topological polar surface area (TPSA) is 47.4 Å². The van der Waals surface area contributed by atoms with Crippen LogP contribution in [0.1, 0.15) is 5.56 Å². The van der Waals surface area contributed by atoms with Crippen LogP contribution in [0.15, 0.2) is 96.0 Å². The van der Waals surface area contributed by atoms with Crippen molar-refractivity contribution >= 4 is 46.0 Å². The third-order valence-electron chi connectivity index (χ3n) is 5.22. The van der Waals surface area contributed by atoms with E-state index in [9.17, 15) is 4.79 Å². The minimum atomic E-state index is -0.151. The van der Waals surface area contributed by atoms with Gasteiger partial charge in [0.1, 0.15) is 5.75 Å². The summed E-state index contributed by atoms with van der Waals surface area (Å²) in [7, 11) is 1.61. The normalized spacial score (nSPS) is 14.8. The van der Waals surface area contributed by atoms with E-state index in [0.717, 1.165) is 28.3 Å². The van der Waals surface area contributed by atoms with E-state index in [2.05, 4.69) is 0 Å². The molecule has 2 heterocycles. The van der Waals surface area contributed by atoms with Crippen LogP contribution >= 0.6 is 24.0 Å². The van der Waals surface area contributed by atoms with E-state index < -0.39 is 0 Å². The number of anilines is 1. The Hall–Kier alpha value is -3.68. The molecule has 0 spiro atoms. The SMILES string of the molecule is COc1ccc(N2C(=O)C(=Cc3cn(-c4ccccc4)nc3-c3ccccc3)SC2=S)cc1. The van der Waals surface area contributed by atoms with Crippen molar-refractivity contribution in [1.82, 2.24) is 9.78 Å². The predicted octanol–water partition coefficient (Wildman–Crippen LogP) is 5.95. The summed E-state index contributed by atoms with van der Waals surface area (Å²) in [4.78, 5) is 15.4. The number of para-hydroxylation sites is 1. The molecule has 162 valence electrons. The van der Waals surface area contributed by atoms with Gasteiger partial charge in [0, 0.05) is 17.3 Å². The average molecular weight is 470 g/mol. The number of rotatable bonds is 5. The summed E-state index contributed by atoms with van der Waals surface area (Å²) in [6.07, 6.45) is 3.81. The Morgan fingerprint density at radius 1 is 0.909 bits per heavy atom. The maximum absolute atomic E-state index is 13.3. The van der Waals surface area contributed by atoms with Crippen LogP contribution in [0.2, 0.25) is 0 Å². The van der Waals surface area contributed by atoms with Crippen molar-refractivity contribution in [2.45, 2.75) is 0 Å². The molecule has 0 aliphatic carbocycles. The van der Waals surface area contributed by atoms with E-state index >= 15 is 0 Å². The Morgan fingerprint density at radius 3 is 2.24 bits per heavy atom. The molecule has 1 aliphatic rings. The molecule has 0 atom stereocenters. The molecule has 5 rings (SSSR count). The molecule has 7 heteroatoms. The van der Waals surface area contributed by atoms with Gasteiger partial charge in [0.15, 0.2) is 4.32 Å². The van der Waals surface area contributed by atoms with Crippen molar-refractivity contribution in [2.24, 2.45) is 0 Å². The molecule has 1 fully saturated rings. The second-order valence-electron chi connectivity index (χ2n) is 7.29. The third-order valence-corrected chi connectivity index (χ3v) is 6.52. The van der Waals surface area contributed by atoms with Crippen LogP contribution in [0.5, 0.6) is 5.75 Å². The Balaban J connectivity index is 1.55. The summed E-state index contributed by atoms with van der Waals surface area (Å²) >= 11 is 6.83. The number of ether oxygens (including phenoxy) is 1. The van der Waals surface area contributed by atoms with Gasteiger partial charge in [-0.2, -0.15) is 5.10 Å². The number of aromatic nitrogens is 2. The van der Waals surface area contributed by atoms with E-state index in [1.807, 2.05) is 102 Å². The Labute approximate surface area is 201 Å². The van der Waals surface area contributed by atoms with Gasteiger partial charge in [-0.15, -0.1) is 0 Å². The second-order valence-corrected chi connectivity index (χ2v) is 8.97. The molecule has 1 aliphatic heterocycles. The molecule has 1 amide bonds. The summed E-state index contributed by atoms with van der Waals surface area (Å²) in [5.41, 5.74) is 4.28. The molecular weight excluding hydrogens is 450 g/mol. The summed E-state index contributed by atoms with van der Waals surface area (Å²) in [5, 5.41) is 4.82. The van der Waals surface area contributed by atoms with Gasteiger partial charge < -0.3 is 4.74 Å². The first-order valence-corrected chi connectivity index (χ1v) is 11.5. The van der Waals surface area contributed by atoms with Crippen molar-refractivity contribution in [3.05, 3.63) is 102 Å². The Kier molecular flexibility index (Phi) is 5.81. The highest BCUT2D eigenvalue weighted by molar-refractivity contribution is 8.27. The van der Waals surface area contributed by atoms with Crippen molar-refractivity contribution in [3.8, 4) is 22.7 Å². The molecule has 3 aromatic carbocycles. The van der Waals surface area contributed by atoms with Gasteiger partial charge in [-0.05, 0) is 42.5 Å². The zero-order valence-electron chi connectivity index (χ0n) is 17.7. The number of thiocarbonyl (C=S) groups is 1. The second kappa shape index (κ2) is 9.05. The quantitative estimate of drug-likeness (QED) is 0.267. The monoisotopic (exact) mass is 469 g/mol. The van der Waals surface area contributed by atoms with Gasteiger partial charge in [-0.3, -0.25) is 9.69 Å². The minimum Gasteiger partial charge on any atom is -0.497 e. The number of carbonyl (C=O) groups excluding carboxylic acids is 1. The van der Waals surface area contributed by atoms with Crippen LogP contribution < -0.4 is 9.64 Å². The zero-order chi connectivity index (χ0) is 22.8. The molecule has 0 N–H and O–H groups in total. The van der Waals surface area contributed by atoms with E-state index in [0.29, 0.717) is 14.9 Å². The Morgan fingerprint density at radius 2 is 1.58 bits per heavy atom. The van der Waals surface area contributed by atoms with Gasteiger partial charge in [-0.1, -0.05) is 72.5 Å². The lowest BCUT2D eigenvalue weighted by atomic mass is 10.1. The van der Waals surface area contributed by atoms with Crippen molar-refractivity contribution in [3.63, 3.8) is 0 Å². The van der Waals surface area contributed by atoms with Crippen LogP contribution in [0.4, 0.5) is 5.69 Å². The number of methoxy groups -OCH3 is 1. The maximum Gasteiger partial charge on any atom is 0.270 e. The van der Waals surface area contributed by atoms with Crippen LogP contribution in [-0.2, 0) is 4.79 Å². The highest BCUT2D eigenvalue weighted by Gasteiger charge is 2.33. The lowest BCUT2D eigenvalue weighted by Crippen LogP contribution is -2.27. The fourth-order valence-corrected chi connectivity index (χ4v) is 4.88. The molecule has 0 saturated carbocycles. The van der Waals surface area contributed by atoms with Crippen LogP contribution in [0, 0.1) is 0 Å². The van der Waals surface area contributed by atoms with Gasteiger partial charge in [-0.25, -0.2) is 4.68 Å². The molecular formula is C26H19N3O2S2. The maximum atomic E-state index is 13.3. The number of hydrogen-bond acceptors (Lipinski definition) is 5. The van der Waals surface area contributed by atoms with E-state index in [-0.39, 0.29) is 5.91 Å². The molecule has 0 radical (unpaired) electrons. The number of amides is 1. The van der Waals surface area contributed by atoms with Crippen molar-refractivity contribution < 1.29 is 9.53 Å². The fraction of sp³-hybridized carbons (Fsp3) is 0.0385. The number of nitrogens with zero attached hydrogens (tertiary/aromatic N) is 3. The van der Waals surface area contributed by atoms with E-state index in [1.165, 1.54) is 11.8 Å². The van der Waals surface area contributed by atoms with Crippen LogP contribution in [-0.4, -0.2) is 27.1 Å². The van der Waals surface area contributed by atoms with Gasteiger partial charge >= 0.3 is 0 Å². The van der Waals surface area contributed by atoms with Crippen LogP contribution in [0.25, 0.3) is 23.0 Å². The first-order chi connectivity index (χ1) is 16.1. The number of benzene rings is 3. The molecule has 4 aromatic rings. The van der Waals surface area contributed by atoms with Crippen molar-refractivity contribution in [1.29, 1.82) is 0 Å². The first kappa shape index (κ1) is 21.2. The fourth-order valence-electron chi connectivity index (χ4n) is 3.59. The standard InChI is InChI=1S/C26H19N3O2S2/c1-31-22-14-12-21(13-15-22)29-25(30)23(33-26(29)32)16-19-17-28(20-10-6-3-7-11-20)27-24(19)18-8-4-2-5-9-18/h2-17H,1H3. The Bertz CT molecular complexity index is 1350. The number of thioether (sulfide) groups is 1. The molecule has 0 bridgehead atoms. The summed E-state index contributed by atoms with van der Waals surface area (Å²) in [6.45, 7) is 0. The van der Waals surface area contributed by atoms with E-state index in [1.54, 1.807) is 12.0 Å². The lowest BCUT2D eigenvalue weighted by molar-refractivity contribution is -0.113. The molecule has 0 unspecified atom stereocenters. The molecule has 33 heavy (non-hydrogen) atoms. The predicted molar refractivity (Wildman–Crippen MR) is 138 cm³/mol. The lowest BCUT2D eigenvalue weighted by Gasteiger charge is -2.14.